The van der Waals surface area contributed by atoms with Crippen LogP contribution in [0.3, 0.4) is 0 Å². The van der Waals surface area contributed by atoms with Crippen LogP contribution in [0.15, 0.2) is 91.9 Å². The highest BCUT2D eigenvalue weighted by Gasteiger charge is 2.52. The van der Waals surface area contributed by atoms with Crippen molar-refractivity contribution in [1.29, 1.82) is 0 Å². The van der Waals surface area contributed by atoms with E-state index in [0.29, 0.717) is 56.0 Å². The Kier molecular flexibility index (Phi) is 26.1. The fraction of sp³-hybridized carbons (Fsp3) is 0.536. The van der Waals surface area contributed by atoms with Gasteiger partial charge in [0.15, 0.2) is 5.78 Å². The van der Waals surface area contributed by atoms with Gasteiger partial charge in [-0.3, -0.25) is 33.3 Å². The van der Waals surface area contributed by atoms with E-state index in [-0.39, 0.29) is 110 Å². The van der Waals surface area contributed by atoms with Gasteiger partial charge in [-0.2, -0.15) is 0 Å². The second kappa shape index (κ2) is 34.5. The van der Waals surface area contributed by atoms with Crippen LogP contribution in [0, 0.1) is 11.8 Å². The Morgan fingerprint density at radius 2 is 1.13 bits per heavy atom. The largest absolute Gasteiger partial charge is 0.486 e. The summed E-state index contributed by atoms with van der Waals surface area (Å²) in [5.41, 5.74) is 32.6. The van der Waals surface area contributed by atoms with Crippen molar-refractivity contribution in [2.24, 2.45) is 41.2 Å². The number of ether oxygens (including phenoxy) is 2. The van der Waals surface area contributed by atoms with Gasteiger partial charge in [0.2, 0.25) is 29.5 Å². The van der Waals surface area contributed by atoms with Crippen molar-refractivity contribution >= 4 is 63.3 Å². The summed E-state index contributed by atoms with van der Waals surface area (Å²) in [6, 6.07) is 21.9. The number of carbonyl (C=O) groups is 6. The molecule has 92 heavy (non-hydrogen) atoms. The molecule has 4 aliphatic carbocycles. The molecule has 5 aromatic rings. The highest BCUT2D eigenvalue weighted by atomic mass is 16.5. The lowest BCUT2D eigenvalue weighted by Crippen LogP contribution is -2.43. The molecule has 4 aliphatic rings. The van der Waals surface area contributed by atoms with Gasteiger partial charge in [-0.15, -0.1) is 0 Å². The maximum Gasteiger partial charge on any atom is 0.422 e. The van der Waals surface area contributed by atoms with Crippen molar-refractivity contribution < 1.29 is 42.7 Å². The number of ketones is 1. The quantitative estimate of drug-likeness (QED) is 0.00835. The second-order valence-corrected chi connectivity index (χ2v) is 24.7. The lowest BCUT2D eigenvalue weighted by Gasteiger charge is -2.51. The molecule has 494 valence electrons. The summed E-state index contributed by atoms with van der Waals surface area (Å²) >= 11 is 0. The van der Waals surface area contributed by atoms with E-state index in [2.05, 4.69) is 49.5 Å². The van der Waals surface area contributed by atoms with Crippen molar-refractivity contribution in [3.63, 3.8) is 0 Å². The Morgan fingerprint density at radius 1 is 0.641 bits per heavy atom. The van der Waals surface area contributed by atoms with Crippen LogP contribution in [-0.2, 0) is 46.0 Å². The van der Waals surface area contributed by atoms with Gasteiger partial charge in [-0.05, 0) is 165 Å². The number of nitrogens with zero attached hydrogens (tertiary/aromatic N) is 5. The van der Waals surface area contributed by atoms with Crippen LogP contribution >= 0.6 is 0 Å². The van der Waals surface area contributed by atoms with Gasteiger partial charge in [-0.1, -0.05) is 81.1 Å². The van der Waals surface area contributed by atoms with Crippen LogP contribution in [0.4, 0.5) is 17.1 Å². The van der Waals surface area contributed by atoms with Crippen molar-refractivity contribution in [2.45, 2.75) is 159 Å². The fourth-order valence-electron chi connectivity index (χ4n) is 13.4. The van der Waals surface area contributed by atoms with Gasteiger partial charge >= 0.3 is 11.4 Å². The van der Waals surface area contributed by atoms with E-state index in [9.17, 15) is 43.9 Å². The normalized spacial score (nSPS) is 17.4. The Hall–Kier alpha value is -8.21. The van der Waals surface area contributed by atoms with Crippen molar-refractivity contribution in [3.8, 4) is 5.75 Å². The number of nitrogens with two attached hydrogens (primary N) is 3. The second-order valence-electron chi connectivity index (χ2n) is 24.7. The molecule has 0 saturated heterocycles. The zero-order chi connectivity index (χ0) is 65.6. The number of fused-ring (bicyclic) bond motifs is 1. The molecule has 23 heteroatoms. The third kappa shape index (κ3) is 17.9. The van der Waals surface area contributed by atoms with Crippen molar-refractivity contribution in [3.05, 3.63) is 138 Å². The number of nitrogens with one attached hydrogen (secondary N) is 4. The van der Waals surface area contributed by atoms with Crippen LogP contribution in [0.1, 0.15) is 181 Å². The topological polar surface area (TPSA) is 351 Å². The third-order valence-corrected chi connectivity index (χ3v) is 18.3. The standard InChI is InChI=1S/C69H92N12O11/c1-80(66(87)55-39-48(78-79-73)38-54(55)60(82)44-91-49-24-28-53-59(43-49)81(2)68(89)92-67(53)88)35-37-90-36-34-74-61(83)29-30-69-56-40-45(75-62(84)18-12-6-3-9-15-31-70)21-25-50(56)65(51-26-22-46(41-57(51)69)76-63(85)19-13-7-4-10-16-32-71)52-27-23-47(42-58(52)69)77-64(86)20-14-8-5-11-17-33-72/h21-28,40-43,48,54-55,65H,3-20,29-39,44,70-72H2,1-2H3,(H,74,83)(H,75,84)(H,76,85)(H,77,86). The van der Waals surface area contributed by atoms with Gasteiger partial charge in [0.1, 0.15) is 12.4 Å². The van der Waals surface area contributed by atoms with Gasteiger partial charge in [0, 0.05) is 110 Å². The van der Waals surface area contributed by atoms with Crippen molar-refractivity contribution in [2.75, 3.05) is 75.5 Å². The molecular formula is C69H92N12O11. The zero-order valence-electron chi connectivity index (χ0n) is 53.4. The smallest absolute Gasteiger partial charge is 0.422 e. The van der Waals surface area contributed by atoms with E-state index in [1.807, 2.05) is 36.4 Å². The monoisotopic (exact) mass is 1260 g/mol. The highest BCUT2D eigenvalue weighted by Crippen LogP contribution is 2.62. The Morgan fingerprint density at radius 3 is 1.63 bits per heavy atom. The van der Waals surface area contributed by atoms with E-state index in [0.717, 1.165) is 134 Å². The summed E-state index contributed by atoms with van der Waals surface area (Å²) in [4.78, 5) is 112. The molecule has 3 atom stereocenters. The Balaban J connectivity index is 0.965. The number of unbranched alkanes of at least 4 members (excludes halogenated alkanes) is 12. The lowest BCUT2D eigenvalue weighted by atomic mass is 9.51. The summed E-state index contributed by atoms with van der Waals surface area (Å²) in [6.45, 7) is 2.06. The number of carbonyl (C=O) groups excluding carboxylic acids is 6. The summed E-state index contributed by atoms with van der Waals surface area (Å²) < 4.78 is 17.7. The number of aromatic nitrogens is 1. The van der Waals surface area contributed by atoms with Crippen molar-refractivity contribution in [1.82, 2.24) is 14.8 Å². The molecule has 4 aromatic carbocycles. The Bertz CT molecular complexity index is 3380. The molecule has 1 aromatic heterocycles. The number of amides is 5. The number of likely N-dealkylation sites (N-methyl/N-ethyl adjacent to an activating group) is 1. The molecule has 0 radical (unpaired) electrons. The molecule has 3 unspecified atom stereocenters. The fourth-order valence-corrected chi connectivity index (χ4v) is 13.4. The molecule has 2 bridgehead atoms. The minimum Gasteiger partial charge on any atom is -0.486 e. The molecule has 0 aliphatic heterocycles. The number of hydrogen-bond donors (Lipinski definition) is 7. The maximum atomic E-state index is 14.3. The first kappa shape index (κ1) is 69.7. The van der Waals surface area contributed by atoms with Gasteiger partial charge in [0.05, 0.1) is 24.1 Å². The van der Waals surface area contributed by atoms with E-state index >= 15 is 0 Å². The van der Waals surface area contributed by atoms with E-state index in [1.54, 1.807) is 7.05 Å². The number of benzene rings is 4. The third-order valence-electron chi connectivity index (χ3n) is 18.3. The van der Waals surface area contributed by atoms with E-state index < -0.39 is 41.3 Å². The first-order chi connectivity index (χ1) is 44.6. The minimum atomic E-state index is -1.01. The zero-order valence-corrected chi connectivity index (χ0v) is 53.4. The number of hydrogen-bond acceptors (Lipinski definition) is 15. The first-order valence-electron chi connectivity index (χ1n) is 33.0. The van der Waals surface area contributed by atoms with Gasteiger partial charge < -0.3 is 57.3 Å². The number of Topliss-reactive ketones (excluding diaryl/α,β-unsaturated/α-hetero) is 1. The lowest BCUT2D eigenvalue weighted by molar-refractivity contribution is -0.140. The van der Waals surface area contributed by atoms with E-state index in [4.69, 9.17) is 31.1 Å². The minimum absolute atomic E-state index is 0.0493. The van der Waals surface area contributed by atoms with Crippen LogP contribution in [0.25, 0.3) is 21.3 Å². The van der Waals surface area contributed by atoms with Crippen LogP contribution in [0.2, 0.25) is 0 Å². The molecule has 5 amide bonds. The Labute approximate surface area is 537 Å². The molecular weight excluding hydrogens is 1170 g/mol. The number of anilines is 3. The number of aryl methyl sites for hydroxylation is 1. The molecule has 0 spiro atoms. The summed E-state index contributed by atoms with van der Waals surface area (Å²) in [5.74, 6) is -3.73. The molecule has 23 nitrogen and oxygen atoms in total. The maximum absolute atomic E-state index is 14.3. The molecule has 1 fully saturated rings. The van der Waals surface area contributed by atoms with Gasteiger partial charge in [0.25, 0.3) is 0 Å². The van der Waals surface area contributed by atoms with Crippen LogP contribution in [0.5, 0.6) is 5.75 Å². The van der Waals surface area contributed by atoms with Crippen LogP contribution in [-0.4, -0.2) is 110 Å². The SMILES string of the molecule is CN(CCOCCNC(=O)CCC12c3cc(NC(=O)CCCCCCCN)ccc3C(c3ccc(NC(=O)CCCCCCCN)cc31)c1ccc(NC(=O)CCCCCCCN)cc12)C(=O)C1CC(N=[N+]=[N-])CC1C(=O)COc1ccc2c(=O)oc(=O)n(C)c2c1. The first-order valence-corrected chi connectivity index (χ1v) is 33.0. The molecule has 9 rings (SSSR count). The van der Waals surface area contributed by atoms with Gasteiger partial charge in [-0.25, -0.2) is 9.59 Å². The van der Waals surface area contributed by atoms with E-state index in [1.165, 1.54) is 30.1 Å². The molecule has 1 saturated carbocycles. The predicted molar refractivity (Wildman–Crippen MR) is 354 cm³/mol. The van der Waals surface area contributed by atoms with Crippen LogP contribution < -0.4 is 54.6 Å². The predicted octanol–water partition coefficient (Wildman–Crippen LogP) is 9.07. The average molecular weight is 1270 g/mol. The average Bonchev–Trinajstić information content (AvgIpc) is 0.742. The molecule has 10 N–H and O–H groups in total. The molecule has 1 heterocycles. The number of rotatable bonds is 39. The summed E-state index contributed by atoms with van der Waals surface area (Å²) in [6.07, 6.45) is 15.7. The summed E-state index contributed by atoms with van der Waals surface area (Å²) in [7, 11) is 3.04. The highest BCUT2D eigenvalue weighted by molar-refractivity contribution is 5.94. The number of azide groups is 1. The summed E-state index contributed by atoms with van der Waals surface area (Å²) in [5, 5.41) is 16.6.